The average Bonchev–Trinajstić information content (AvgIpc) is 2.66. The van der Waals surface area contributed by atoms with Crippen molar-refractivity contribution in [1.29, 1.82) is 0 Å². The van der Waals surface area contributed by atoms with E-state index in [1.165, 1.54) is 0 Å². The SMILES string of the molecule is Cc1ccc(NC(=S)/C(=C(\O)c2ccccc2Cl)[n+]2ccccc2)cc1Cl. The summed E-state index contributed by atoms with van der Waals surface area (Å²) in [5.41, 5.74) is 2.61. The highest BCUT2D eigenvalue weighted by atomic mass is 35.5. The van der Waals surface area contributed by atoms with Crippen LogP contribution in [-0.2, 0) is 0 Å². The summed E-state index contributed by atoms with van der Waals surface area (Å²) < 4.78 is 1.74. The van der Waals surface area contributed by atoms with Crippen molar-refractivity contribution in [3.05, 3.63) is 94.2 Å². The Morgan fingerprint density at radius 1 is 0.963 bits per heavy atom. The predicted octanol–water partition coefficient (Wildman–Crippen LogP) is 5.91. The molecule has 3 aromatic rings. The van der Waals surface area contributed by atoms with Crippen LogP contribution >= 0.6 is 35.4 Å². The molecule has 1 aromatic heterocycles. The number of nitrogens with one attached hydrogen (secondary N) is 1. The van der Waals surface area contributed by atoms with Crippen LogP contribution in [0.1, 0.15) is 11.1 Å². The van der Waals surface area contributed by atoms with Crippen molar-refractivity contribution in [3.8, 4) is 0 Å². The van der Waals surface area contributed by atoms with Gasteiger partial charge in [-0.05, 0) is 36.8 Å². The van der Waals surface area contributed by atoms with Gasteiger partial charge in [-0.25, -0.2) is 0 Å². The number of thiocarbonyl (C=S) groups is 1. The topological polar surface area (TPSA) is 36.1 Å². The number of aliphatic hydroxyl groups excluding tert-OH is 1. The van der Waals surface area contributed by atoms with Crippen LogP contribution in [0, 0.1) is 6.92 Å². The van der Waals surface area contributed by atoms with Gasteiger partial charge in [-0.1, -0.05) is 59.7 Å². The highest BCUT2D eigenvalue weighted by Crippen LogP contribution is 2.26. The molecule has 2 N–H and O–H groups in total. The van der Waals surface area contributed by atoms with E-state index < -0.39 is 0 Å². The molecular weight excluding hydrogens is 399 g/mol. The first-order valence-corrected chi connectivity index (χ1v) is 9.36. The van der Waals surface area contributed by atoms with E-state index in [1.54, 1.807) is 47.3 Å². The van der Waals surface area contributed by atoms with Crippen LogP contribution in [0.5, 0.6) is 0 Å². The van der Waals surface area contributed by atoms with Crippen LogP contribution in [-0.4, -0.2) is 10.1 Å². The zero-order valence-corrected chi connectivity index (χ0v) is 16.8. The van der Waals surface area contributed by atoms with Crippen LogP contribution in [0.2, 0.25) is 10.0 Å². The molecule has 6 heteroatoms. The second-order valence-corrected chi connectivity index (χ2v) is 7.10. The molecule has 3 rings (SSSR count). The second kappa shape index (κ2) is 8.53. The molecule has 2 aromatic carbocycles. The van der Waals surface area contributed by atoms with E-state index in [1.807, 2.05) is 37.3 Å². The molecule has 0 saturated heterocycles. The van der Waals surface area contributed by atoms with Crippen LogP contribution < -0.4 is 9.88 Å². The van der Waals surface area contributed by atoms with Crippen molar-refractivity contribution in [2.75, 3.05) is 5.32 Å². The summed E-state index contributed by atoms with van der Waals surface area (Å²) in [7, 11) is 0. The molecule has 0 unspecified atom stereocenters. The van der Waals surface area contributed by atoms with Gasteiger partial charge in [0.2, 0.25) is 5.76 Å². The van der Waals surface area contributed by atoms with E-state index in [0.29, 0.717) is 26.3 Å². The third kappa shape index (κ3) is 4.48. The lowest BCUT2D eigenvalue weighted by Crippen LogP contribution is -2.38. The van der Waals surface area contributed by atoms with Gasteiger partial charge in [0.15, 0.2) is 17.4 Å². The van der Waals surface area contributed by atoms with Crippen molar-refractivity contribution >= 4 is 57.6 Å². The summed E-state index contributed by atoms with van der Waals surface area (Å²) >= 11 is 18.1. The monoisotopic (exact) mass is 415 g/mol. The van der Waals surface area contributed by atoms with Crippen LogP contribution in [0.3, 0.4) is 0 Å². The largest absolute Gasteiger partial charge is 0.502 e. The Bertz CT molecular complexity index is 1020. The molecule has 0 amide bonds. The Labute approximate surface area is 173 Å². The zero-order chi connectivity index (χ0) is 19.4. The van der Waals surface area contributed by atoms with E-state index in [9.17, 15) is 5.11 Å². The maximum Gasteiger partial charge on any atom is 0.288 e. The van der Waals surface area contributed by atoms with Crippen molar-refractivity contribution in [3.63, 3.8) is 0 Å². The molecule has 3 nitrogen and oxygen atoms in total. The lowest BCUT2D eigenvalue weighted by atomic mass is 10.1. The number of pyridine rings is 1. The van der Waals surface area contributed by atoms with Gasteiger partial charge in [0, 0.05) is 28.4 Å². The first kappa shape index (κ1) is 19.4. The average molecular weight is 416 g/mol. The minimum atomic E-state index is -0.0208. The highest BCUT2D eigenvalue weighted by molar-refractivity contribution is 7.81. The smallest absolute Gasteiger partial charge is 0.288 e. The summed E-state index contributed by atoms with van der Waals surface area (Å²) in [6, 6.07) is 18.2. The Morgan fingerprint density at radius 3 is 2.33 bits per heavy atom. The molecule has 27 heavy (non-hydrogen) atoms. The minimum absolute atomic E-state index is 0.0208. The Kier molecular flexibility index (Phi) is 6.11. The maximum absolute atomic E-state index is 11.0. The van der Waals surface area contributed by atoms with Gasteiger partial charge in [-0.3, -0.25) is 0 Å². The molecule has 136 valence electrons. The lowest BCUT2D eigenvalue weighted by Gasteiger charge is -2.11. The van der Waals surface area contributed by atoms with Crippen LogP contribution in [0.25, 0.3) is 11.5 Å². The quantitative estimate of drug-likeness (QED) is 0.240. The highest BCUT2D eigenvalue weighted by Gasteiger charge is 2.24. The fraction of sp³-hybridized carbons (Fsp3) is 0.0476. The zero-order valence-electron chi connectivity index (χ0n) is 14.5. The Balaban J connectivity index is 2.07. The number of nitrogens with zero attached hydrogens (tertiary/aromatic N) is 1. The third-order valence-electron chi connectivity index (χ3n) is 3.97. The number of rotatable bonds is 4. The first-order valence-electron chi connectivity index (χ1n) is 8.19. The number of aliphatic hydroxyl groups is 1. The number of benzene rings is 2. The first-order chi connectivity index (χ1) is 13.0. The number of hydrogen-bond acceptors (Lipinski definition) is 2. The molecule has 0 spiro atoms. The molecule has 0 atom stereocenters. The third-order valence-corrected chi connectivity index (χ3v) is 5.00. The molecule has 0 saturated carbocycles. The Hall–Kier alpha value is -2.40. The van der Waals surface area contributed by atoms with Crippen molar-refractivity contribution in [1.82, 2.24) is 0 Å². The Morgan fingerprint density at radius 2 is 1.67 bits per heavy atom. The van der Waals surface area contributed by atoms with E-state index >= 15 is 0 Å². The molecule has 0 bridgehead atoms. The number of anilines is 1. The summed E-state index contributed by atoms with van der Waals surface area (Å²) in [6.07, 6.45) is 3.61. The summed E-state index contributed by atoms with van der Waals surface area (Å²) in [5.74, 6) is -0.0208. The molecule has 0 fully saturated rings. The van der Waals surface area contributed by atoms with Crippen molar-refractivity contribution in [2.24, 2.45) is 0 Å². The predicted molar refractivity (Wildman–Crippen MR) is 116 cm³/mol. The number of aryl methyl sites for hydroxylation is 1. The van der Waals surface area contributed by atoms with Gasteiger partial charge in [0.25, 0.3) is 5.70 Å². The molecule has 0 aliphatic rings. The van der Waals surface area contributed by atoms with Crippen molar-refractivity contribution in [2.45, 2.75) is 6.92 Å². The van der Waals surface area contributed by atoms with Crippen LogP contribution in [0.15, 0.2) is 73.1 Å². The van der Waals surface area contributed by atoms with E-state index in [0.717, 1.165) is 11.3 Å². The van der Waals surface area contributed by atoms with E-state index in [4.69, 9.17) is 35.4 Å². The molecule has 0 aliphatic heterocycles. The fourth-order valence-electron chi connectivity index (χ4n) is 2.54. The normalized spacial score (nSPS) is 11.7. The van der Waals surface area contributed by atoms with E-state index in [-0.39, 0.29) is 5.76 Å². The maximum atomic E-state index is 11.0. The van der Waals surface area contributed by atoms with Crippen molar-refractivity contribution < 1.29 is 9.67 Å². The lowest BCUT2D eigenvalue weighted by molar-refractivity contribution is -0.575. The summed E-state index contributed by atoms with van der Waals surface area (Å²) in [6.45, 7) is 1.93. The molecule has 1 heterocycles. The summed E-state index contributed by atoms with van der Waals surface area (Å²) in [4.78, 5) is 0.337. The number of halogens is 2. The molecule has 0 radical (unpaired) electrons. The fourth-order valence-corrected chi connectivity index (χ4v) is 3.26. The van der Waals surface area contributed by atoms with E-state index in [2.05, 4.69) is 5.32 Å². The number of hydrogen-bond donors (Lipinski definition) is 2. The minimum Gasteiger partial charge on any atom is -0.502 e. The number of aromatic nitrogens is 1. The van der Waals surface area contributed by atoms with Gasteiger partial charge >= 0.3 is 0 Å². The van der Waals surface area contributed by atoms with Gasteiger partial charge in [0.1, 0.15) is 0 Å². The summed E-state index contributed by atoms with van der Waals surface area (Å²) in [5, 5.41) is 15.2. The standard InChI is InChI=1S/C21H16Cl2N2OS/c1-14-9-10-15(13-18(14)23)24-21(27)19(25-11-5-2-6-12-25)20(26)16-7-3-4-8-17(16)22/h2-13H,1H3,(H-,24,26,27)/p+1. The molecular formula is C21H17Cl2N2OS+. The molecule has 0 aliphatic carbocycles. The van der Waals surface area contributed by atoms with Gasteiger partial charge in [-0.2, -0.15) is 4.57 Å². The van der Waals surface area contributed by atoms with Gasteiger partial charge < -0.3 is 10.4 Å². The van der Waals surface area contributed by atoms with Gasteiger partial charge in [-0.15, -0.1) is 0 Å². The second-order valence-electron chi connectivity index (χ2n) is 5.88. The van der Waals surface area contributed by atoms with Gasteiger partial charge in [0.05, 0.1) is 5.02 Å². The van der Waals surface area contributed by atoms with Crippen LogP contribution in [0.4, 0.5) is 5.69 Å².